The molecular weight excluding hydrogens is 246 g/mol. The molecule has 0 aliphatic heterocycles. The number of hydrogen-bond donors (Lipinski definition) is 1. The van der Waals surface area contributed by atoms with E-state index in [-0.39, 0.29) is 0 Å². The van der Waals surface area contributed by atoms with Crippen LogP contribution < -0.4 is 0 Å². The first-order chi connectivity index (χ1) is 9.56. The first-order valence-electron chi connectivity index (χ1n) is 7.86. The van der Waals surface area contributed by atoms with Crippen molar-refractivity contribution in [2.24, 2.45) is 22.7 Å². The lowest BCUT2D eigenvalue weighted by molar-refractivity contribution is -0.0471. The molecule has 0 spiro atoms. The van der Waals surface area contributed by atoms with E-state index in [9.17, 15) is 5.11 Å². The minimum absolute atomic E-state index is 0.423. The van der Waals surface area contributed by atoms with Gasteiger partial charge in [0.2, 0.25) is 0 Å². The highest BCUT2D eigenvalue weighted by Gasteiger charge is 2.45. The van der Waals surface area contributed by atoms with E-state index in [1.54, 1.807) is 0 Å². The van der Waals surface area contributed by atoms with Gasteiger partial charge in [0.05, 0.1) is 12.1 Å². The minimum Gasteiger partial charge on any atom is -0.390 e. The molecule has 2 fully saturated rings. The van der Waals surface area contributed by atoms with Gasteiger partial charge in [0, 0.05) is 11.6 Å². The second-order valence-corrected chi connectivity index (χ2v) is 7.00. The van der Waals surface area contributed by atoms with Crippen molar-refractivity contribution in [3.63, 3.8) is 0 Å². The summed E-state index contributed by atoms with van der Waals surface area (Å²) >= 11 is 0. The standard InChI is InChI=1S/C18H25NO/c1-13-8-16-11-18(20,9-13)10-14(2)17(16)19-12-15-6-4-3-5-7-15/h3-7,13-14,16,20H,8-12H2,1-2H3. The Balaban J connectivity index is 1.78. The number of aliphatic hydroxyl groups is 1. The van der Waals surface area contributed by atoms with Crippen LogP contribution in [0.15, 0.2) is 35.3 Å². The van der Waals surface area contributed by atoms with Crippen LogP contribution >= 0.6 is 0 Å². The molecule has 1 aromatic carbocycles. The highest BCUT2D eigenvalue weighted by Crippen LogP contribution is 2.46. The van der Waals surface area contributed by atoms with Crippen LogP contribution in [0.1, 0.15) is 45.1 Å². The highest BCUT2D eigenvalue weighted by molar-refractivity contribution is 5.90. The van der Waals surface area contributed by atoms with Crippen molar-refractivity contribution >= 4 is 5.71 Å². The largest absolute Gasteiger partial charge is 0.390 e. The normalized spacial score (nSPS) is 39.0. The molecule has 4 atom stereocenters. The van der Waals surface area contributed by atoms with E-state index in [1.165, 1.54) is 17.7 Å². The average molecular weight is 271 g/mol. The molecule has 2 saturated carbocycles. The Morgan fingerprint density at radius 1 is 1.15 bits per heavy atom. The third-order valence-electron chi connectivity index (χ3n) is 4.94. The van der Waals surface area contributed by atoms with Gasteiger partial charge in [-0.05, 0) is 43.1 Å². The first-order valence-corrected chi connectivity index (χ1v) is 7.86. The third-order valence-corrected chi connectivity index (χ3v) is 4.94. The molecule has 2 bridgehead atoms. The summed E-state index contributed by atoms with van der Waals surface area (Å²) in [6.07, 6.45) is 3.98. The van der Waals surface area contributed by atoms with Crippen molar-refractivity contribution in [2.45, 2.75) is 51.7 Å². The number of aliphatic imine (C=N–C) groups is 1. The zero-order valence-electron chi connectivity index (χ0n) is 12.5. The van der Waals surface area contributed by atoms with Crippen LogP contribution in [-0.4, -0.2) is 16.4 Å². The molecule has 0 aromatic heterocycles. The van der Waals surface area contributed by atoms with Gasteiger partial charge in [0.25, 0.3) is 0 Å². The van der Waals surface area contributed by atoms with Gasteiger partial charge >= 0.3 is 0 Å². The fraction of sp³-hybridized carbons (Fsp3) is 0.611. The molecule has 108 valence electrons. The fourth-order valence-electron chi connectivity index (χ4n) is 4.36. The summed E-state index contributed by atoms with van der Waals surface area (Å²) in [6.45, 7) is 5.28. The Labute approximate surface area is 121 Å². The monoisotopic (exact) mass is 271 g/mol. The Kier molecular flexibility index (Phi) is 3.68. The van der Waals surface area contributed by atoms with Crippen LogP contribution in [0.3, 0.4) is 0 Å². The van der Waals surface area contributed by atoms with Gasteiger partial charge in [-0.3, -0.25) is 4.99 Å². The molecule has 0 amide bonds. The van der Waals surface area contributed by atoms with E-state index in [1.807, 2.05) is 6.07 Å². The number of benzene rings is 1. The van der Waals surface area contributed by atoms with Gasteiger partial charge in [-0.1, -0.05) is 44.2 Å². The van der Waals surface area contributed by atoms with Gasteiger partial charge < -0.3 is 5.11 Å². The second-order valence-electron chi connectivity index (χ2n) is 7.00. The molecule has 20 heavy (non-hydrogen) atoms. The van der Waals surface area contributed by atoms with Gasteiger partial charge in [-0.2, -0.15) is 0 Å². The molecule has 2 nitrogen and oxygen atoms in total. The van der Waals surface area contributed by atoms with E-state index in [2.05, 4.69) is 38.1 Å². The van der Waals surface area contributed by atoms with Crippen LogP contribution in [0.5, 0.6) is 0 Å². The molecule has 0 heterocycles. The summed E-state index contributed by atoms with van der Waals surface area (Å²) in [5, 5.41) is 10.7. The number of rotatable bonds is 2. The Morgan fingerprint density at radius 2 is 1.90 bits per heavy atom. The summed E-state index contributed by atoms with van der Waals surface area (Å²) < 4.78 is 0. The molecule has 1 N–H and O–H groups in total. The highest BCUT2D eigenvalue weighted by atomic mass is 16.3. The lowest BCUT2D eigenvalue weighted by Crippen LogP contribution is -2.49. The quantitative estimate of drug-likeness (QED) is 0.871. The van der Waals surface area contributed by atoms with Crippen LogP contribution in [-0.2, 0) is 6.54 Å². The maximum Gasteiger partial charge on any atom is 0.0662 e. The van der Waals surface area contributed by atoms with E-state index < -0.39 is 5.60 Å². The zero-order chi connectivity index (χ0) is 14.2. The number of nitrogens with zero attached hydrogens (tertiary/aromatic N) is 1. The topological polar surface area (TPSA) is 32.6 Å². The Hall–Kier alpha value is -1.15. The van der Waals surface area contributed by atoms with Crippen molar-refractivity contribution < 1.29 is 5.11 Å². The van der Waals surface area contributed by atoms with Crippen LogP contribution in [0.2, 0.25) is 0 Å². The van der Waals surface area contributed by atoms with Crippen molar-refractivity contribution in [1.82, 2.24) is 0 Å². The molecule has 4 unspecified atom stereocenters. The molecule has 2 heteroatoms. The molecule has 2 aliphatic carbocycles. The average Bonchev–Trinajstić information content (AvgIpc) is 2.37. The van der Waals surface area contributed by atoms with E-state index in [4.69, 9.17) is 4.99 Å². The SMILES string of the molecule is CC1CC2CC(O)(C1)CC(C)C2=NCc1ccccc1. The van der Waals surface area contributed by atoms with Crippen molar-refractivity contribution in [1.29, 1.82) is 0 Å². The number of hydrogen-bond acceptors (Lipinski definition) is 2. The van der Waals surface area contributed by atoms with Crippen molar-refractivity contribution in [3.8, 4) is 0 Å². The second kappa shape index (κ2) is 5.33. The summed E-state index contributed by atoms with van der Waals surface area (Å²) in [7, 11) is 0. The number of fused-ring (bicyclic) bond motifs is 2. The Bertz CT molecular complexity index is 491. The van der Waals surface area contributed by atoms with Gasteiger partial charge in [-0.15, -0.1) is 0 Å². The van der Waals surface area contributed by atoms with E-state index >= 15 is 0 Å². The molecule has 0 saturated heterocycles. The fourth-order valence-corrected chi connectivity index (χ4v) is 4.36. The summed E-state index contributed by atoms with van der Waals surface area (Å²) in [5.41, 5.74) is 2.20. The molecule has 3 rings (SSSR count). The lowest BCUT2D eigenvalue weighted by atomic mass is 9.62. The van der Waals surface area contributed by atoms with Gasteiger partial charge in [-0.25, -0.2) is 0 Å². The van der Waals surface area contributed by atoms with Crippen LogP contribution in [0.4, 0.5) is 0 Å². The zero-order valence-corrected chi connectivity index (χ0v) is 12.5. The van der Waals surface area contributed by atoms with E-state index in [0.717, 1.165) is 25.8 Å². The van der Waals surface area contributed by atoms with Crippen LogP contribution in [0, 0.1) is 17.8 Å². The predicted molar refractivity (Wildman–Crippen MR) is 82.8 cm³/mol. The Morgan fingerprint density at radius 3 is 2.65 bits per heavy atom. The van der Waals surface area contributed by atoms with Crippen molar-refractivity contribution in [2.75, 3.05) is 0 Å². The predicted octanol–water partition coefficient (Wildman–Crippen LogP) is 3.83. The van der Waals surface area contributed by atoms with Crippen molar-refractivity contribution in [3.05, 3.63) is 35.9 Å². The lowest BCUT2D eigenvalue weighted by Gasteiger charge is -2.47. The molecule has 1 aromatic rings. The van der Waals surface area contributed by atoms with Crippen LogP contribution in [0.25, 0.3) is 0 Å². The molecule has 2 aliphatic rings. The third kappa shape index (κ3) is 2.80. The summed E-state index contributed by atoms with van der Waals surface area (Å²) in [6, 6.07) is 10.5. The van der Waals surface area contributed by atoms with Gasteiger partial charge in [0.15, 0.2) is 0 Å². The summed E-state index contributed by atoms with van der Waals surface area (Å²) in [5.74, 6) is 1.54. The smallest absolute Gasteiger partial charge is 0.0662 e. The maximum atomic E-state index is 10.7. The van der Waals surface area contributed by atoms with E-state index in [0.29, 0.717) is 17.8 Å². The first kappa shape index (κ1) is 13.8. The minimum atomic E-state index is -0.423. The molecule has 0 radical (unpaired) electrons. The van der Waals surface area contributed by atoms with Gasteiger partial charge in [0.1, 0.15) is 0 Å². The maximum absolute atomic E-state index is 10.7. The summed E-state index contributed by atoms with van der Waals surface area (Å²) in [4.78, 5) is 4.93. The molecular formula is C18H25NO.